The highest BCUT2D eigenvalue weighted by molar-refractivity contribution is 5.74. The molecule has 2 unspecified atom stereocenters. The summed E-state index contributed by atoms with van der Waals surface area (Å²) in [4.78, 5) is 14.3. The Labute approximate surface area is 150 Å². The van der Waals surface area contributed by atoms with Gasteiger partial charge >= 0.3 is 6.03 Å². The van der Waals surface area contributed by atoms with Crippen molar-refractivity contribution in [2.75, 3.05) is 24.6 Å². The molecule has 0 aromatic heterocycles. The number of rotatable bonds is 7. The van der Waals surface area contributed by atoms with Gasteiger partial charge in [-0.3, -0.25) is 0 Å². The van der Waals surface area contributed by atoms with Crippen molar-refractivity contribution in [3.8, 4) is 0 Å². The first-order valence-corrected chi connectivity index (χ1v) is 9.68. The minimum Gasteiger partial charge on any atom is -0.396 e. The van der Waals surface area contributed by atoms with Gasteiger partial charge < -0.3 is 20.6 Å². The van der Waals surface area contributed by atoms with Gasteiger partial charge in [0.1, 0.15) is 0 Å². The van der Waals surface area contributed by atoms with E-state index < -0.39 is 0 Å². The van der Waals surface area contributed by atoms with Crippen LogP contribution in [0.3, 0.4) is 0 Å². The number of nitrogens with zero attached hydrogens (tertiary/aromatic N) is 1. The molecule has 1 heterocycles. The fourth-order valence-electron chi connectivity index (χ4n) is 3.71. The van der Waals surface area contributed by atoms with E-state index in [2.05, 4.69) is 46.7 Å². The average molecular weight is 345 g/mol. The van der Waals surface area contributed by atoms with Gasteiger partial charge in [0, 0.05) is 38.0 Å². The summed E-state index contributed by atoms with van der Waals surface area (Å²) in [7, 11) is 0. The van der Waals surface area contributed by atoms with Crippen LogP contribution in [0, 0.1) is 11.8 Å². The molecule has 0 spiro atoms. The van der Waals surface area contributed by atoms with Gasteiger partial charge in [0.15, 0.2) is 0 Å². The summed E-state index contributed by atoms with van der Waals surface area (Å²) in [5, 5.41) is 15.2. The van der Waals surface area contributed by atoms with Crippen molar-refractivity contribution in [3.05, 3.63) is 29.8 Å². The van der Waals surface area contributed by atoms with Crippen LogP contribution in [0.5, 0.6) is 0 Å². The third kappa shape index (κ3) is 5.11. The van der Waals surface area contributed by atoms with E-state index in [0.717, 1.165) is 37.9 Å². The van der Waals surface area contributed by atoms with Crippen LogP contribution in [-0.2, 0) is 6.54 Å². The standard InChI is InChI=1S/C20H31N3O2/c1-2-3-17-12-19(17)22-20(25)21-13-15-4-6-18(7-5-15)23-10-8-16(14-24)9-11-23/h4-7,16-17,19,24H,2-3,8-14H2,1H3,(H2,21,22,25). The van der Waals surface area contributed by atoms with Crippen molar-refractivity contribution in [1.29, 1.82) is 0 Å². The lowest BCUT2D eigenvalue weighted by Crippen LogP contribution is -2.37. The molecule has 5 heteroatoms. The van der Waals surface area contributed by atoms with Gasteiger partial charge in [0.05, 0.1) is 0 Å². The molecule has 0 bridgehead atoms. The third-order valence-corrected chi connectivity index (χ3v) is 5.53. The zero-order chi connectivity index (χ0) is 17.6. The molecule has 0 radical (unpaired) electrons. The van der Waals surface area contributed by atoms with E-state index in [1.807, 2.05) is 0 Å². The van der Waals surface area contributed by atoms with Crippen molar-refractivity contribution in [2.45, 2.75) is 51.6 Å². The normalized spacial score (nSPS) is 23.4. The summed E-state index contributed by atoms with van der Waals surface area (Å²) in [6.07, 6.45) is 5.64. The number of aliphatic hydroxyl groups excluding tert-OH is 1. The predicted molar refractivity (Wildman–Crippen MR) is 101 cm³/mol. The number of nitrogens with one attached hydrogen (secondary N) is 2. The van der Waals surface area contributed by atoms with Gasteiger partial charge in [0.25, 0.3) is 0 Å². The van der Waals surface area contributed by atoms with Crippen LogP contribution in [0.1, 0.15) is 44.6 Å². The Morgan fingerprint density at radius 1 is 1.24 bits per heavy atom. The number of anilines is 1. The van der Waals surface area contributed by atoms with Gasteiger partial charge in [-0.05, 0) is 55.2 Å². The van der Waals surface area contributed by atoms with Gasteiger partial charge in [0.2, 0.25) is 0 Å². The number of urea groups is 1. The minimum atomic E-state index is -0.0567. The van der Waals surface area contributed by atoms with Gasteiger partial charge in [-0.1, -0.05) is 25.5 Å². The van der Waals surface area contributed by atoms with Crippen LogP contribution in [-0.4, -0.2) is 36.9 Å². The second-order valence-corrected chi connectivity index (χ2v) is 7.50. The number of piperidine rings is 1. The molecular weight excluding hydrogens is 314 g/mol. The molecule has 1 aliphatic carbocycles. The largest absolute Gasteiger partial charge is 0.396 e. The molecule has 1 saturated heterocycles. The highest BCUT2D eigenvalue weighted by atomic mass is 16.3. The van der Waals surface area contributed by atoms with Gasteiger partial charge in [-0.15, -0.1) is 0 Å². The van der Waals surface area contributed by atoms with Crippen LogP contribution in [0.15, 0.2) is 24.3 Å². The lowest BCUT2D eigenvalue weighted by molar-refractivity contribution is 0.203. The average Bonchev–Trinajstić information content (AvgIpc) is 3.38. The predicted octanol–water partition coefficient (Wildman–Crippen LogP) is 2.88. The SMILES string of the molecule is CCCC1CC1NC(=O)NCc1ccc(N2CCC(CO)CC2)cc1. The van der Waals surface area contributed by atoms with Crippen LogP contribution in [0.2, 0.25) is 0 Å². The quantitative estimate of drug-likeness (QED) is 0.712. The summed E-state index contributed by atoms with van der Waals surface area (Å²) in [6, 6.07) is 8.76. The zero-order valence-electron chi connectivity index (χ0n) is 15.2. The fourth-order valence-corrected chi connectivity index (χ4v) is 3.71. The zero-order valence-corrected chi connectivity index (χ0v) is 15.2. The Morgan fingerprint density at radius 3 is 2.60 bits per heavy atom. The van der Waals surface area contributed by atoms with E-state index in [1.165, 1.54) is 18.5 Å². The monoisotopic (exact) mass is 345 g/mol. The molecule has 25 heavy (non-hydrogen) atoms. The van der Waals surface area contributed by atoms with E-state index >= 15 is 0 Å². The number of hydrogen-bond donors (Lipinski definition) is 3. The number of benzene rings is 1. The van der Waals surface area contributed by atoms with E-state index in [-0.39, 0.29) is 6.03 Å². The molecule has 3 rings (SSSR count). The Morgan fingerprint density at radius 2 is 1.96 bits per heavy atom. The van der Waals surface area contributed by atoms with Gasteiger partial charge in [-0.25, -0.2) is 4.79 Å². The Kier molecular flexibility index (Phi) is 6.19. The maximum absolute atomic E-state index is 11.9. The first-order valence-electron chi connectivity index (χ1n) is 9.68. The number of carbonyl (C=O) groups is 1. The van der Waals surface area contributed by atoms with Crippen LogP contribution in [0.4, 0.5) is 10.5 Å². The molecule has 2 atom stereocenters. The summed E-state index contributed by atoms with van der Waals surface area (Å²) >= 11 is 0. The van der Waals surface area contributed by atoms with Crippen LogP contribution >= 0.6 is 0 Å². The number of hydrogen-bond acceptors (Lipinski definition) is 3. The summed E-state index contributed by atoms with van der Waals surface area (Å²) in [5.41, 5.74) is 2.34. The van der Waals surface area contributed by atoms with Crippen molar-refractivity contribution < 1.29 is 9.90 Å². The Bertz CT molecular complexity index is 553. The van der Waals surface area contributed by atoms with E-state index in [0.29, 0.717) is 31.0 Å². The van der Waals surface area contributed by atoms with Crippen LogP contribution in [0.25, 0.3) is 0 Å². The van der Waals surface area contributed by atoms with Crippen molar-refractivity contribution >= 4 is 11.7 Å². The lowest BCUT2D eigenvalue weighted by Gasteiger charge is -2.33. The molecule has 2 amide bonds. The molecule has 3 N–H and O–H groups in total. The van der Waals surface area contributed by atoms with E-state index in [1.54, 1.807) is 0 Å². The topological polar surface area (TPSA) is 64.6 Å². The number of amides is 2. The molecule has 2 aliphatic rings. The minimum absolute atomic E-state index is 0.0567. The maximum Gasteiger partial charge on any atom is 0.315 e. The Balaban J connectivity index is 1.40. The van der Waals surface area contributed by atoms with Crippen molar-refractivity contribution in [1.82, 2.24) is 10.6 Å². The maximum atomic E-state index is 11.9. The molecule has 1 aromatic rings. The van der Waals surface area contributed by atoms with Crippen molar-refractivity contribution in [3.63, 3.8) is 0 Å². The highest BCUT2D eigenvalue weighted by Gasteiger charge is 2.37. The fraction of sp³-hybridized carbons (Fsp3) is 0.650. The summed E-state index contributed by atoms with van der Waals surface area (Å²) in [5.74, 6) is 1.15. The first kappa shape index (κ1) is 18.1. The van der Waals surface area contributed by atoms with E-state index in [9.17, 15) is 9.90 Å². The molecular formula is C20H31N3O2. The molecule has 2 fully saturated rings. The molecule has 1 aliphatic heterocycles. The van der Waals surface area contributed by atoms with Crippen molar-refractivity contribution in [2.24, 2.45) is 11.8 Å². The Hall–Kier alpha value is -1.75. The second kappa shape index (κ2) is 8.56. The summed E-state index contributed by atoms with van der Waals surface area (Å²) < 4.78 is 0. The highest BCUT2D eigenvalue weighted by Crippen LogP contribution is 2.34. The third-order valence-electron chi connectivity index (χ3n) is 5.53. The second-order valence-electron chi connectivity index (χ2n) is 7.50. The molecule has 5 nitrogen and oxygen atoms in total. The molecule has 138 valence electrons. The smallest absolute Gasteiger partial charge is 0.315 e. The van der Waals surface area contributed by atoms with E-state index in [4.69, 9.17) is 0 Å². The molecule has 1 saturated carbocycles. The first-order chi connectivity index (χ1) is 12.2. The molecule has 1 aromatic carbocycles. The lowest BCUT2D eigenvalue weighted by atomic mass is 9.97. The summed E-state index contributed by atoms with van der Waals surface area (Å²) in [6.45, 7) is 5.06. The number of carbonyl (C=O) groups excluding carboxylic acids is 1. The van der Waals surface area contributed by atoms with Gasteiger partial charge in [-0.2, -0.15) is 0 Å². The van der Waals surface area contributed by atoms with Crippen LogP contribution < -0.4 is 15.5 Å². The number of aliphatic hydroxyl groups is 1.